The van der Waals surface area contributed by atoms with E-state index >= 15 is 9.59 Å². The number of amides is 3. The van der Waals surface area contributed by atoms with Crippen LogP contribution in [0.15, 0.2) is 96.1 Å². The van der Waals surface area contributed by atoms with E-state index in [1.807, 2.05) is 0 Å². The topological polar surface area (TPSA) is 240 Å². The number of thiol groups is 1. The summed E-state index contributed by atoms with van der Waals surface area (Å²) in [6.07, 6.45) is -12.3. The molecule has 3 aromatic rings. The summed E-state index contributed by atoms with van der Waals surface area (Å²) in [6, 6.07) is 19.3. The Balaban J connectivity index is 1.46. The highest BCUT2D eigenvalue weighted by atomic mass is 32.1. The van der Waals surface area contributed by atoms with E-state index in [-0.39, 0.29) is 60.8 Å². The van der Waals surface area contributed by atoms with Crippen LogP contribution in [0, 0.1) is 22.6 Å². The fraction of sp³-hybridized carbons (Fsp3) is 0.491. The molecule has 7 rings (SSSR count). The van der Waals surface area contributed by atoms with Gasteiger partial charge in [0.25, 0.3) is 5.91 Å². The number of hydrogen-bond donors (Lipinski definition) is 5. The van der Waals surface area contributed by atoms with E-state index in [1.54, 1.807) is 88.4 Å². The summed E-state index contributed by atoms with van der Waals surface area (Å²) in [6.45, 7) is 10.3. The van der Waals surface area contributed by atoms with Gasteiger partial charge in [-0.15, -0.1) is 0 Å². The number of carbonyl (C=O) groups excluding carboxylic acids is 7. The Labute approximate surface area is 427 Å². The number of aliphatic hydroxyl groups is 1. The van der Waals surface area contributed by atoms with E-state index < -0.39 is 125 Å². The number of hydrogen-bond acceptors (Lipinski definition) is 16. The first-order valence-electron chi connectivity index (χ1n) is 24.2. The number of alkyl carbamates (subject to hydrolysis) is 2. The summed E-state index contributed by atoms with van der Waals surface area (Å²) in [7, 11) is 0. The minimum Gasteiger partial charge on any atom is -0.455 e. The van der Waals surface area contributed by atoms with Gasteiger partial charge >= 0.3 is 30.1 Å². The van der Waals surface area contributed by atoms with Gasteiger partial charge in [0.1, 0.15) is 35.8 Å². The van der Waals surface area contributed by atoms with Crippen molar-refractivity contribution in [3.05, 3.63) is 119 Å². The molecule has 3 aromatic carbocycles. The first-order valence-corrected chi connectivity index (χ1v) is 24.8. The Morgan fingerprint density at radius 1 is 0.863 bits per heavy atom. The van der Waals surface area contributed by atoms with Crippen LogP contribution in [0.3, 0.4) is 0 Å². The molecular weight excluding hydrogens is 970 g/mol. The number of halogens is 1. The summed E-state index contributed by atoms with van der Waals surface area (Å²) < 4.78 is 58.0. The Morgan fingerprint density at radius 3 is 2.08 bits per heavy atom. The third-order valence-corrected chi connectivity index (χ3v) is 14.9. The van der Waals surface area contributed by atoms with Crippen LogP contribution in [-0.2, 0) is 47.5 Å². The normalized spacial score (nSPS) is 28.7. The average molecular weight is 1030 g/mol. The van der Waals surface area contributed by atoms with Crippen LogP contribution >= 0.6 is 12.6 Å². The number of Topliss-reactive ketones (excluding diaryl/α,β-unsaturated/α-hetero) is 1. The van der Waals surface area contributed by atoms with Gasteiger partial charge in [-0.1, -0.05) is 62.4 Å². The number of rotatable bonds is 16. The maximum Gasteiger partial charge on any atom is 0.408 e. The Kier molecular flexibility index (Phi) is 16.4. The molecule has 0 radical (unpaired) electrons. The lowest BCUT2D eigenvalue weighted by atomic mass is 9.44. The molecular formula is C53H62FN3O15S. The Morgan fingerprint density at radius 2 is 1.49 bits per heavy atom. The summed E-state index contributed by atoms with van der Waals surface area (Å²) in [5.74, 6) is -6.61. The van der Waals surface area contributed by atoms with Crippen molar-refractivity contribution < 1.29 is 76.2 Å². The highest BCUT2D eigenvalue weighted by Gasteiger charge is 2.78. The van der Waals surface area contributed by atoms with Gasteiger partial charge < -0.3 is 54.2 Å². The number of benzene rings is 3. The van der Waals surface area contributed by atoms with Gasteiger partial charge in [0, 0.05) is 49.6 Å². The molecule has 2 saturated carbocycles. The second kappa shape index (κ2) is 22.0. The Hall–Kier alpha value is -6.35. The summed E-state index contributed by atoms with van der Waals surface area (Å²) >= 11 is 4.36. The lowest BCUT2D eigenvalue weighted by Gasteiger charge is -2.67. The van der Waals surface area contributed by atoms with Crippen molar-refractivity contribution in [1.29, 1.82) is 0 Å². The summed E-state index contributed by atoms with van der Waals surface area (Å²) in [5.41, 5.74) is -7.62. The van der Waals surface area contributed by atoms with Gasteiger partial charge in [0.2, 0.25) is 6.10 Å². The van der Waals surface area contributed by atoms with E-state index in [1.165, 1.54) is 26.0 Å². The summed E-state index contributed by atoms with van der Waals surface area (Å²) in [4.78, 5) is 100. The molecule has 2 unspecified atom stereocenters. The number of carbonyl (C=O) groups is 7. The first kappa shape index (κ1) is 54.4. The second-order valence-electron chi connectivity index (χ2n) is 19.3. The van der Waals surface area contributed by atoms with Crippen molar-refractivity contribution in [2.45, 2.75) is 115 Å². The van der Waals surface area contributed by atoms with Gasteiger partial charge in [-0.2, -0.15) is 12.6 Å². The predicted molar refractivity (Wildman–Crippen MR) is 262 cm³/mol. The maximum atomic E-state index is 16.2. The number of ether oxygens (including phenoxy) is 7. The lowest BCUT2D eigenvalue weighted by Crippen LogP contribution is -2.82. The van der Waals surface area contributed by atoms with Crippen molar-refractivity contribution in [1.82, 2.24) is 16.0 Å². The zero-order valence-electron chi connectivity index (χ0n) is 41.6. The molecule has 1 heterocycles. The van der Waals surface area contributed by atoms with E-state index in [0.29, 0.717) is 5.56 Å². The third kappa shape index (κ3) is 10.3. The molecule has 4 aliphatic rings. The zero-order valence-corrected chi connectivity index (χ0v) is 42.5. The fourth-order valence-electron chi connectivity index (χ4n) is 11.1. The maximum absolute atomic E-state index is 16.2. The molecule has 392 valence electrons. The first-order chi connectivity index (χ1) is 34.7. The molecule has 3 amide bonds. The van der Waals surface area contributed by atoms with Crippen LogP contribution < -0.4 is 16.0 Å². The minimum atomic E-state index is -2.51. The van der Waals surface area contributed by atoms with E-state index in [0.717, 1.165) is 19.1 Å². The van der Waals surface area contributed by atoms with Crippen LogP contribution in [0.2, 0.25) is 0 Å². The molecule has 0 aromatic heterocycles. The molecule has 2 bridgehead atoms. The van der Waals surface area contributed by atoms with E-state index in [2.05, 4.69) is 28.6 Å². The van der Waals surface area contributed by atoms with E-state index in [9.17, 15) is 33.5 Å². The molecule has 18 nitrogen and oxygen atoms in total. The quantitative estimate of drug-likeness (QED) is 0.0496. The molecule has 3 fully saturated rings. The number of fused-ring (bicyclic) bond motifs is 5. The second-order valence-corrected chi connectivity index (χ2v) is 19.7. The van der Waals surface area contributed by atoms with Crippen LogP contribution in [0.1, 0.15) is 93.6 Å². The molecule has 1 aliphatic heterocycles. The van der Waals surface area contributed by atoms with Crippen molar-refractivity contribution in [2.75, 3.05) is 32.1 Å². The third-order valence-electron chi connectivity index (χ3n) is 14.7. The summed E-state index contributed by atoms with van der Waals surface area (Å²) in [5, 5.41) is 22.0. The molecule has 4 N–H and O–H groups in total. The van der Waals surface area contributed by atoms with Gasteiger partial charge in [-0.25, -0.2) is 23.6 Å². The van der Waals surface area contributed by atoms with Crippen molar-refractivity contribution in [3.8, 4) is 0 Å². The van der Waals surface area contributed by atoms with Gasteiger partial charge in [-0.05, 0) is 80.8 Å². The molecule has 73 heavy (non-hydrogen) atoms. The standard InChI is InChI=1S/C53H62FN3O15S/c1-8-55-48(63)69-40-38-29(3)35(68-47(62)41(70-49(64)56-9-2)39(31-16-12-10-13-17-31)57-45(60)32-18-14-11-15-19-32)27-53(65,50(38,5)6)44(71-46(61)33-20-22-34(54)23-21-33)42-51(7,43(40)59)36(66-24-25-73)26-37-52(42,28-67-37)72-30(4)58/h10-23,35-37,39-42,44,65,73H,8-9,24-28H2,1-7H3,(H,55,63)(H,56,64)(H,57,60)/t35-,36-,37+,39-,40+,41+,42?,44?,51+,52-,53+/m0/s1. The van der Waals surface area contributed by atoms with E-state index in [4.69, 9.17) is 33.2 Å². The molecule has 3 aliphatic carbocycles. The zero-order chi connectivity index (χ0) is 53.0. The van der Waals surface area contributed by atoms with Gasteiger partial charge in [-0.3, -0.25) is 14.4 Å². The van der Waals surface area contributed by atoms with Crippen molar-refractivity contribution >= 4 is 54.4 Å². The molecule has 20 heteroatoms. The molecule has 11 atom stereocenters. The lowest BCUT2D eigenvalue weighted by molar-refractivity contribution is -0.348. The van der Waals surface area contributed by atoms with Crippen LogP contribution in [0.25, 0.3) is 0 Å². The van der Waals surface area contributed by atoms with Crippen LogP contribution in [0.5, 0.6) is 0 Å². The van der Waals surface area contributed by atoms with Gasteiger partial charge in [0.05, 0.1) is 36.2 Å². The van der Waals surface area contributed by atoms with Crippen LogP contribution in [0.4, 0.5) is 14.0 Å². The number of ketones is 1. The Bertz CT molecular complexity index is 2600. The fourth-order valence-corrected chi connectivity index (χ4v) is 11.2. The number of nitrogens with one attached hydrogen (secondary N) is 3. The highest BCUT2D eigenvalue weighted by molar-refractivity contribution is 7.80. The molecule has 0 spiro atoms. The smallest absolute Gasteiger partial charge is 0.408 e. The van der Waals surface area contributed by atoms with Gasteiger partial charge in [0.15, 0.2) is 17.5 Å². The SMILES string of the molecule is CCNC(=O)O[C@H]1C(=O)[C@@]2(C)C(C(OC(=O)c3ccc(F)cc3)[C@]3(O)C[C@H](OC(=O)[C@H](OC(=O)NCC)[C@@H](NC(=O)c4ccccc4)c4ccccc4)C(C)=C1C3(C)C)[C@]1(OC(C)=O)CO[C@@H]1C[C@@H]2OCCS. The highest BCUT2D eigenvalue weighted by Crippen LogP contribution is 2.65. The van der Waals surface area contributed by atoms with Crippen molar-refractivity contribution in [3.63, 3.8) is 0 Å². The van der Waals surface area contributed by atoms with Crippen molar-refractivity contribution in [2.24, 2.45) is 16.7 Å². The average Bonchev–Trinajstić information content (AvgIpc) is 3.35. The molecule has 1 saturated heterocycles. The number of esters is 3. The minimum absolute atomic E-state index is 0.0106. The predicted octanol–water partition coefficient (Wildman–Crippen LogP) is 5.77. The van der Waals surface area contributed by atoms with Crippen LogP contribution in [-0.4, -0.2) is 127 Å². The largest absolute Gasteiger partial charge is 0.455 e. The monoisotopic (exact) mass is 1030 g/mol.